The van der Waals surface area contributed by atoms with Gasteiger partial charge in [0.15, 0.2) is 0 Å². The summed E-state index contributed by atoms with van der Waals surface area (Å²) in [5, 5.41) is 0. The van der Waals surface area contributed by atoms with Gasteiger partial charge in [0.05, 0.1) is 0 Å². The molecule has 4 unspecified atom stereocenters. The highest BCUT2D eigenvalue weighted by Crippen LogP contribution is 2.52. The van der Waals surface area contributed by atoms with E-state index in [0.717, 1.165) is 23.7 Å². The first-order valence-corrected chi connectivity index (χ1v) is 6.95. The van der Waals surface area contributed by atoms with E-state index in [2.05, 4.69) is 52.8 Å². The van der Waals surface area contributed by atoms with Crippen LogP contribution in [0.5, 0.6) is 0 Å². The maximum absolute atomic E-state index is 2.52. The fraction of sp³-hybridized carbons (Fsp3) is 0.647. The zero-order valence-electron chi connectivity index (χ0n) is 12.0. The highest BCUT2D eigenvalue weighted by atomic mass is 14.5. The summed E-state index contributed by atoms with van der Waals surface area (Å²) in [5.74, 6) is 3.29. The first-order chi connectivity index (χ1) is 7.99. The van der Waals surface area contributed by atoms with E-state index < -0.39 is 0 Å². The van der Waals surface area contributed by atoms with E-state index in [1.807, 2.05) is 0 Å². The molecule has 0 aromatic heterocycles. The maximum atomic E-state index is 2.52. The van der Waals surface area contributed by atoms with E-state index >= 15 is 0 Å². The van der Waals surface area contributed by atoms with Gasteiger partial charge in [-0.05, 0) is 71.1 Å². The summed E-state index contributed by atoms with van der Waals surface area (Å²) in [6.45, 7) is 11.3. The molecular formula is C17H26. The lowest BCUT2D eigenvalue weighted by Crippen LogP contribution is -2.12. The molecule has 0 aromatic rings. The molecule has 0 N–H and O–H groups in total. The fourth-order valence-electron chi connectivity index (χ4n) is 3.89. The Bertz CT molecular complexity index is 373. The average Bonchev–Trinajstić information content (AvgIpc) is 2.69. The van der Waals surface area contributed by atoms with E-state index in [0.29, 0.717) is 0 Å². The van der Waals surface area contributed by atoms with Gasteiger partial charge in [0, 0.05) is 0 Å². The van der Waals surface area contributed by atoms with E-state index in [1.165, 1.54) is 24.0 Å². The highest BCUT2D eigenvalue weighted by Gasteiger charge is 2.43. The predicted octanol–water partition coefficient (Wildman–Crippen LogP) is 5.14. The molecule has 0 aliphatic heterocycles. The number of rotatable bonds is 2. The van der Waals surface area contributed by atoms with Crippen molar-refractivity contribution in [3.63, 3.8) is 0 Å². The van der Waals surface area contributed by atoms with Crippen molar-refractivity contribution >= 4 is 0 Å². The van der Waals surface area contributed by atoms with Crippen LogP contribution in [0.3, 0.4) is 0 Å². The molecule has 0 bridgehead atoms. The second kappa shape index (κ2) is 4.84. The van der Waals surface area contributed by atoms with E-state index in [-0.39, 0.29) is 0 Å². The van der Waals surface area contributed by atoms with Crippen molar-refractivity contribution < 1.29 is 0 Å². The number of hydrogen-bond acceptors (Lipinski definition) is 0. The molecule has 0 nitrogen and oxygen atoms in total. The summed E-state index contributed by atoms with van der Waals surface area (Å²) < 4.78 is 0. The molecule has 2 aliphatic rings. The van der Waals surface area contributed by atoms with Crippen LogP contribution in [0.15, 0.2) is 34.9 Å². The van der Waals surface area contributed by atoms with Crippen LogP contribution in [-0.2, 0) is 0 Å². The molecule has 2 aliphatic carbocycles. The Hall–Kier alpha value is -0.780. The first-order valence-electron chi connectivity index (χ1n) is 6.95. The first kappa shape index (κ1) is 12.7. The van der Waals surface area contributed by atoms with Crippen molar-refractivity contribution in [1.29, 1.82) is 0 Å². The van der Waals surface area contributed by atoms with Crippen LogP contribution in [0.25, 0.3) is 0 Å². The van der Waals surface area contributed by atoms with Crippen LogP contribution in [0.1, 0.15) is 47.5 Å². The van der Waals surface area contributed by atoms with Crippen LogP contribution in [-0.4, -0.2) is 0 Å². The fourth-order valence-corrected chi connectivity index (χ4v) is 3.89. The average molecular weight is 230 g/mol. The van der Waals surface area contributed by atoms with Crippen LogP contribution < -0.4 is 0 Å². The zero-order chi connectivity index (χ0) is 12.6. The predicted molar refractivity (Wildman–Crippen MR) is 75.8 cm³/mol. The summed E-state index contributed by atoms with van der Waals surface area (Å²) in [7, 11) is 0. The van der Waals surface area contributed by atoms with Crippen molar-refractivity contribution in [1.82, 2.24) is 0 Å². The molecule has 17 heavy (non-hydrogen) atoms. The second-order valence-electron chi connectivity index (χ2n) is 6.42. The second-order valence-corrected chi connectivity index (χ2v) is 6.42. The van der Waals surface area contributed by atoms with E-state index in [9.17, 15) is 0 Å². The number of allylic oxidation sites excluding steroid dienone is 6. The quantitative estimate of drug-likeness (QED) is 0.576. The molecule has 0 heteroatoms. The number of hydrogen-bond donors (Lipinski definition) is 0. The topological polar surface area (TPSA) is 0 Å². The lowest BCUT2D eigenvalue weighted by atomic mass is 9.85. The van der Waals surface area contributed by atoms with Gasteiger partial charge in [-0.3, -0.25) is 0 Å². The molecule has 0 saturated heterocycles. The molecule has 1 saturated carbocycles. The molecule has 0 amide bonds. The van der Waals surface area contributed by atoms with Gasteiger partial charge in [-0.2, -0.15) is 0 Å². The maximum Gasteiger partial charge on any atom is -0.0106 e. The normalized spacial score (nSPS) is 35.2. The Balaban J connectivity index is 2.24. The summed E-state index contributed by atoms with van der Waals surface area (Å²) >= 11 is 0. The minimum atomic E-state index is 0.782. The van der Waals surface area contributed by atoms with Crippen molar-refractivity contribution in [3.05, 3.63) is 34.9 Å². The molecule has 0 radical (unpaired) electrons. The van der Waals surface area contributed by atoms with Crippen LogP contribution >= 0.6 is 0 Å². The van der Waals surface area contributed by atoms with Crippen molar-refractivity contribution in [3.8, 4) is 0 Å². The molecule has 2 rings (SSSR count). The third-order valence-electron chi connectivity index (χ3n) is 4.35. The Morgan fingerprint density at radius 2 is 1.65 bits per heavy atom. The van der Waals surface area contributed by atoms with Crippen molar-refractivity contribution in [2.24, 2.45) is 23.7 Å². The van der Waals surface area contributed by atoms with Gasteiger partial charge in [-0.1, -0.05) is 34.9 Å². The smallest absolute Gasteiger partial charge is 0.0106 e. The SMILES string of the molecule is CC(C)=CC1CC(C=C(C)C)C2C(C)=CCC12. The van der Waals surface area contributed by atoms with Crippen molar-refractivity contribution in [2.75, 3.05) is 0 Å². The minimum absolute atomic E-state index is 0.782. The summed E-state index contributed by atoms with van der Waals surface area (Å²) in [4.78, 5) is 0. The van der Waals surface area contributed by atoms with Crippen LogP contribution in [0, 0.1) is 23.7 Å². The molecule has 0 heterocycles. The van der Waals surface area contributed by atoms with Crippen LogP contribution in [0.2, 0.25) is 0 Å². The van der Waals surface area contributed by atoms with Gasteiger partial charge in [-0.25, -0.2) is 0 Å². The summed E-state index contributed by atoms with van der Waals surface area (Å²) in [6, 6.07) is 0. The molecule has 94 valence electrons. The Morgan fingerprint density at radius 1 is 1.06 bits per heavy atom. The summed E-state index contributed by atoms with van der Waals surface area (Å²) in [6.07, 6.45) is 10.2. The van der Waals surface area contributed by atoms with Crippen LogP contribution in [0.4, 0.5) is 0 Å². The Morgan fingerprint density at radius 3 is 2.24 bits per heavy atom. The lowest BCUT2D eigenvalue weighted by molar-refractivity contribution is 0.400. The van der Waals surface area contributed by atoms with Gasteiger partial charge in [0.25, 0.3) is 0 Å². The lowest BCUT2D eigenvalue weighted by Gasteiger charge is -2.19. The van der Waals surface area contributed by atoms with E-state index in [1.54, 1.807) is 5.57 Å². The molecular weight excluding hydrogens is 204 g/mol. The standard InChI is InChI=1S/C17H26/c1-11(2)8-14-10-15(9-12(3)4)17-13(5)6-7-16(14)17/h6,8-9,14-17H,7,10H2,1-5H3. The minimum Gasteiger partial charge on any atom is -0.0850 e. The van der Waals surface area contributed by atoms with Gasteiger partial charge in [0.2, 0.25) is 0 Å². The van der Waals surface area contributed by atoms with Gasteiger partial charge in [0.1, 0.15) is 0 Å². The Labute approximate surface area is 106 Å². The molecule has 0 aromatic carbocycles. The highest BCUT2D eigenvalue weighted by molar-refractivity contribution is 5.24. The van der Waals surface area contributed by atoms with Gasteiger partial charge < -0.3 is 0 Å². The third-order valence-corrected chi connectivity index (χ3v) is 4.35. The molecule has 4 atom stereocenters. The van der Waals surface area contributed by atoms with Crippen molar-refractivity contribution in [2.45, 2.75) is 47.5 Å². The summed E-state index contributed by atoms with van der Waals surface area (Å²) in [5.41, 5.74) is 4.60. The zero-order valence-corrected chi connectivity index (χ0v) is 12.0. The molecule has 0 spiro atoms. The molecule has 1 fully saturated rings. The van der Waals surface area contributed by atoms with Gasteiger partial charge >= 0.3 is 0 Å². The monoisotopic (exact) mass is 230 g/mol. The largest absolute Gasteiger partial charge is 0.0850 e. The Kier molecular flexibility index (Phi) is 3.61. The number of fused-ring (bicyclic) bond motifs is 1. The van der Waals surface area contributed by atoms with E-state index in [4.69, 9.17) is 0 Å². The van der Waals surface area contributed by atoms with Gasteiger partial charge in [-0.15, -0.1) is 0 Å². The third kappa shape index (κ3) is 2.56.